The maximum Gasteiger partial charge on any atom is 0.225 e. The standard InChI is InChI=1S/C11H10Br2N4/c12-8-4-2-1-3-7(8)6-15-11-16-9(13)5-10(14)17-11/h1-5H,6H2,(H3,14,15,16,17). The Morgan fingerprint density at radius 3 is 2.65 bits per heavy atom. The molecule has 2 aromatic rings. The summed E-state index contributed by atoms with van der Waals surface area (Å²) in [5.41, 5.74) is 6.76. The molecule has 0 saturated heterocycles. The quantitative estimate of drug-likeness (QED) is 0.828. The summed E-state index contributed by atoms with van der Waals surface area (Å²) in [5.74, 6) is 0.939. The number of nitrogens with two attached hydrogens (primary N) is 1. The van der Waals surface area contributed by atoms with E-state index in [9.17, 15) is 0 Å². The lowest BCUT2D eigenvalue weighted by molar-refractivity contribution is 1.04. The van der Waals surface area contributed by atoms with E-state index in [-0.39, 0.29) is 0 Å². The third-order valence-corrected chi connectivity index (χ3v) is 3.29. The van der Waals surface area contributed by atoms with Gasteiger partial charge in [0.25, 0.3) is 0 Å². The summed E-state index contributed by atoms with van der Waals surface area (Å²) in [6.45, 7) is 0.636. The fourth-order valence-electron chi connectivity index (χ4n) is 1.33. The molecule has 0 bridgehead atoms. The average molecular weight is 358 g/mol. The molecule has 88 valence electrons. The van der Waals surface area contributed by atoms with Crippen LogP contribution in [0.15, 0.2) is 39.4 Å². The lowest BCUT2D eigenvalue weighted by atomic mass is 10.2. The lowest BCUT2D eigenvalue weighted by Gasteiger charge is -2.07. The predicted octanol–water partition coefficient (Wildman–Crippen LogP) is 3.20. The lowest BCUT2D eigenvalue weighted by Crippen LogP contribution is -2.05. The van der Waals surface area contributed by atoms with Crippen LogP contribution in [0.1, 0.15) is 5.56 Å². The summed E-state index contributed by atoms with van der Waals surface area (Å²) >= 11 is 6.76. The number of rotatable bonds is 3. The van der Waals surface area contributed by atoms with Gasteiger partial charge in [-0.2, -0.15) is 4.98 Å². The minimum absolute atomic E-state index is 0.432. The molecule has 0 fully saturated rings. The number of hydrogen-bond donors (Lipinski definition) is 2. The molecule has 4 nitrogen and oxygen atoms in total. The van der Waals surface area contributed by atoms with Crippen LogP contribution in [-0.4, -0.2) is 9.97 Å². The van der Waals surface area contributed by atoms with Crippen molar-refractivity contribution in [3.8, 4) is 0 Å². The Morgan fingerprint density at radius 2 is 1.94 bits per heavy atom. The number of anilines is 2. The van der Waals surface area contributed by atoms with Crippen LogP contribution in [0.2, 0.25) is 0 Å². The number of benzene rings is 1. The summed E-state index contributed by atoms with van der Waals surface area (Å²) in [6.07, 6.45) is 0. The zero-order chi connectivity index (χ0) is 12.3. The molecule has 0 unspecified atom stereocenters. The van der Waals surface area contributed by atoms with Crippen molar-refractivity contribution in [1.29, 1.82) is 0 Å². The van der Waals surface area contributed by atoms with Gasteiger partial charge in [0.15, 0.2) is 0 Å². The van der Waals surface area contributed by atoms with Crippen molar-refractivity contribution < 1.29 is 0 Å². The van der Waals surface area contributed by atoms with Crippen LogP contribution >= 0.6 is 31.9 Å². The minimum atomic E-state index is 0.432. The number of nitrogen functional groups attached to an aromatic ring is 1. The van der Waals surface area contributed by atoms with E-state index >= 15 is 0 Å². The van der Waals surface area contributed by atoms with Crippen LogP contribution in [0.3, 0.4) is 0 Å². The summed E-state index contributed by atoms with van der Waals surface area (Å²) in [6, 6.07) is 9.63. The third-order valence-electron chi connectivity index (χ3n) is 2.11. The van der Waals surface area contributed by atoms with Crippen LogP contribution in [0.5, 0.6) is 0 Å². The number of halogens is 2. The van der Waals surface area contributed by atoms with Gasteiger partial charge in [0.2, 0.25) is 5.95 Å². The molecule has 0 aliphatic rings. The Kier molecular flexibility index (Phi) is 3.96. The molecule has 17 heavy (non-hydrogen) atoms. The van der Waals surface area contributed by atoms with Gasteiger partial charge in [-0.1, -0.05) is 34.1 Å². The Balaban J connectivity index is 2.10. The van der Waals surface area contributed by atoms with Gasteiger partial charge in [0.05, 0.1) is 0 Å². The fraction of sp³-hybridized carbons (Fsp3) is 0.0909. The molecule has 0 saturated carbocycles. The summed E-state index contributed by atoms with van der Waals surface area (Å²) in [7, 11) is 0. The third kappa shape index (κ3) is 3.41. The van der Waals surface area contributed by atoms with Crippen molar-refractivity contribution in [3.05, 3.63) is 45.0 Å². The van der Waals surface area contributed by atoms with Gasteiger partial charge in [-0.3, -0.25) is 0 Å². The summed E-state index contributed by atoms with van der Waals surface area (Å²) < 4.78 is 1.72. The van der Waals surface area contributed by atoms with E-state index in [1.165, 1.54) is 0 Å². The van der Waals surface area contributed by atoms with E-state index in [0.717, 1.165) is 10.0 Å². The number of hydrogen-bond acceptors (Lipinski definition) is 4. The van der Waals surface area contributed by atoms with Gasteiger partial charge in [-0.25, -0.2) is 4.98 Å². The molecule has 6 heteroatoms. The Labute approximate surface area is 116 Å². The van der Waals surface area contributed by atoms with Crippen molar-refractivity contribution in [2.75, 3.05) is 11.1 Å². The minimum Gasteiger partial charge on any atom is -0.383 e. The second-order valence-electron chi connectivity index (χ2n) is 3.38. The highest BCUT2D eigenvalue weighted by atomic mass is 79.9. The van der Waals surface area contributed by atoms with Crippen LogP contribution in [0.4, 0.5) is 11.8 Å². The van der Waals surface area contributed by atoms with Crippen LogP contribution in [0.25, 0.3) is 0 Å². The highest BCUT2D eigenvalue weighted by Gasteiger charge is 2.02. The normalized spacial score (nSPS) is 10.2. The van der Waals surface area contributed by atoms with Crippen LogP contribution in [0, 0.1) is 0 Å². The molecule has 0 spiro atoms. The second-order valence-corrected chi connectivity index (χ2v) is 5.05. The molecule has 3 N–H and O–H groups in total. The van der Waals surface area contributed by atoms with E-state index in [4.69, 9.17) is 5.73 Å². The van der Waals surface area contributed by atoms with Gasteiger partial charge in [0.1, 0.15) is 10.4 Å². The summed E-state index contributed by atoms with van der Waals surface area (Å²) in [4.78, 5) is 8.27. The van der Waals surface area contributed by atoms with Crippen molar-refractivity contribution in [2.45, 2.75) is 6.54 Å². The molecule has 1 aromatic carbocycles. The van der Waals surface area contributed by atoms with Crippen molar-refractivity contribution in [1.82, 2.24) is 9.97 Å². The number of aromatic nitrogens is 2. The number of nitrogens with zero attached hydrogens (tertiary/aromatic N) is 2. The molecule has 0 amide bonds. The zero-order valence-electron chi connectivity index (χ0n) is 8.82. The van der Waals surface area contributed by atoms with E-state index in [0.29, 0.717) is 22.9 Å². The molecule has 0 atom stereocenters. The number of nitrogens with one attached hydrogen (secondary N) is 1. The van der Waals surface area contributed by atoms with E-state index in [1.807, 2.05) is 24.3 Å². The maximum atomic E-state index is 5.63. The molecule has 1 heterocycles. The van der Waals surface area contributed by atoms with Gasteiger partial charge in [-0.15, -0.1) is 0 Å². The molecule has 2 rings (SSSR count). The summed E-state index contributed by atoms with van der Waals surface area (Å²) in [5, 5.41) is 3.12. The Morgan fingerprint density at radius 1 is 1.18 bits per heavy atom. The van der Waals surface area contributed by atoms with Gasteiger partial charge >= 0.3 is 0 Å². The fourth-order valence-corrected chi connectivity index (χ4v) is 2.16. The topological polar surface area (TPSA) is 63.8 Å². The zero-order valence-corrected chi connectivity index (χ0v) is 12.0. The first-order valence-corrected chi connectivity index (χ1v) is 6.51. The first-order valence-electron chi connectivity index (χ1n) is 4.92. The average Bonchev–Trinajstić information content (AvgIpc) is 2.27. The maximum absolute atomic E-state index is 5.63. The predicted molar refractivity (Wildman–Crippen MR) is 75.6 cm³/mol. The SMILES string of the molecule is Nc1cc(Br)nc(NCc2ccccc2Br)n1. The van der Waals surface area contributed by atoms with Crippen molar-refractivity contribution in [2.24, 2.45) is 0 Å². The largest absolute Gasteiger partial charge is 0.383 e. The molecule has 1 aromatic heterocycles. The highest BCUT2D eigenvalue weighted by molar-refractivity contribution is 9.10. The van der Waals surface area contributed by atoms with Crippen molar-refractivity contribution >= 4 is 43.6 Å². The van der Waals surface area contributed by atoms with Crippen molar-refractivity contribution in [3.63, 3.8) is 0 Å². The molecule has 0 aliphatic heterocycles. The van der Waals surface area contributed by atoms with Crippen LogP contribution < -0.4 is 11.1 Å². The van der Waals surface area contributed by atoms with E-state index < -0.39 is 0 Å². The highest BCUT2D eigenvalue weighted by Crippen LogP contribution is 2.18. The first kappa shape index (κ1) is 12.3. The van der Waals surface area contributed by atoms with E-state index in [1.54, 1.807) is 6.07 Å². The monoisotopic (exact) mass is 356 g/mol. The van der Waals surface area contributed by atoms with Gasteiger partial charge < -0.3 is 11.1 Å². The van der Waals surface area contributed by atoms with E-state index in [2.05, 4.69) is 47.1 Å². The first-order chi connectivity index (χ1) is 8.15. The Hall–Kier alpha value is -1.14. The van der Waals surface area contributed by atoms with Gasteiger partial charge in [-0.05, 0) is 27.6 Å². The molecular formula is C11H10Br2N4. The molecular weight excluding hydrogens is 348 g/mol. The smallest absolute Gasteiger partial charge is 0.225 e. The van der Waals surface area contributed by atoms with Gasteiger partial charge in [0, 0.05) is 17.1 Å². The molecule has 0 aliphatic carbocycles. The second kappa shape index (κ2) is 5.46. The Bertz CT molecular complexity index is 510. The van der Waals surface area contributed by atoms with Crippen LogP contribution in [-0.2, 0) is 6.54 Å². The molecule has 0 radical (unpaired) electrons.